The van der Waals surface area contributed by atoms with Gasteiger partial charge in [-0.05, 0) is 70.4 Å². The van der Waals surface area contributed by atoms with Gasteiger partial charge in [0.25, 0.3) is 0 Å². The van der Waals surface area contributed by atoms with E-state index >= 15 is 0 Å². The highest BCUT2D eigenvalue weighted by Crippen LogP contribution is 2.52. The lowest BCUT2D eigenvalue weighted by atomic mass is 9.99. The van der Waals surface area contributed by atoms with E-state index in [0.717, 1.165) is 54.2 Å². The Kier molecular flexibility index (Phi) is 8.80. The summed E-state index contributed by atoms with van der Waals surface area (Å²) in [7, 11) is 9.57. The molecule has 12 nitrogen and oxygen atoms in total. The van der Waals surface area contributed by atoms with E-state index in [1.807, 2.05) is 72.8 Å². The Morgan fingerprint density at radius 2 is 0.732 bits per heavy atom. The Balaban J connectivity index is 1.05. The molecular weight excluding hydrogens is 720 g/mol. The third-order valence-electron chi connectivity index (χ3n) is 10.2. The second kappa shape index (κ2) is 14.1. The van der Waals surface area contributed by atoms with Crippen LogP contribution in [0.2, 0.25) is 0 Å². The third-order valence-corrected chi connectivity index (χ3v) is 10.2. The van der Waals surface area contributed by atoms with Gasteiger partial charge < -0.3 is 56.8 Å². The number of rotatable bonds is 12. The molecule has 0 bridgehead atoms. The first-order valence-electron chi connectivity index (χ1n) is 17.8. The number of benzene rings is 7. The van der Waals surface area contributed by atoms with Gasteiger partial charge in [0, 0.05) is 32.3 Å². The zero-order valence-corrected chi connectivity index (χ0v) is 31.7. The molecule has 0 fully saturated rings. The molecule has 12 heteroatoms. The lowest BCUT2D eigenvalue weighted by Crippen LogP contribution is -2.01. The second-order valence-electron chi connectivity index (χ2n) is 13.1. The molecule has 7 aromatic rings. The van der Waals surface area contributed by atoms with Crippen LogP contribution in [-0.2, 0) is 13.2 Å². The Labute approximate surface area is 321 Å². The SMILES string of the molecule is COc1cc2c(OCc3ccc(COc4c5cc6c(cc5cc5c(OC)c(OC)c(OC)cc45)OCO6)cc3)c3cc4c(cc3cc2c(OC)c1OC)OCO4. The van der Waals surface area contributed by atoms with Crippen LogP contribution in [0.15, 0.2) is 72.8 Å². The van der Waals surface area contributed by atoms with Crippen molar-refractivity contribution < 1.29 is 56.8 Å². The molecule has 286 valence electrons. The summed E-state index contributed by atoms with van der Waals surface area (Å²) in [6.07, 6.45) is 0. The summed E-state index contributed by atoms with van der Waals surface area (Å²) in [4.78, 5) is 0. The quantitative estimate of drug-likeness (QED) is 0.111. The molecule has 0 unspecified atom stereocenters. The molecule has 0 atom stereocenters. The van der Waals surface area contributed by atoms with Crippen molar-refractivity contribution in [2.45, 2.75) is 13.2 Å². The van der Waals surface area contributed by atoms with Crippen molar-refractivity contribution in [2.24, 2.45) is 0 Å². The fraction of sp³-hybridized carbons (Fsp3) is 0.227. The van der Waals surface area contributed by atoms with Crippen molar-refractivity contribution in [3.05, 3.63) is 83.9 Å². The zero-order chi connectivity index (χ0) is 38.5. The van der Waals surface area contributed by atoms with Gasteiger partial charge in [-0.3, -0.25) is 0 Å². The lowest BCUT2D eigenvalue weighted by Gasteiger charge is -2.19. The topological polar surface area (TPSA) is 111 Å². The Morgan fingerprint density at radius 1 is 0.375 bits per heavy atom. The average molecular weight is 759 g/mol. The van der Waals surface area contributed by atoms with Gasteiger partial charge in [-0.25, -0.2) is 0 Å². The maximum Gasteiger partial charge on any atom is 0.231 e. The van der Waals surface area contributed by atoms with E-state index in [1.165, 1.54) is 0 Å². The van der Waals surface area contributed by atoms with Crippen molar-refractivity contribution >= 4 is 43.1 Å². The highest BCUT2D eigenvalue weighted by Gasteiger charge is 2.25. The van der Waals surface area contributed by atoms with Crippen LogP contribution < -0.4 is 56.8 Å². The summed E-state index contributed by atoms with van der Waals surface area (Å²) in [5, 5.41) is 6.71. The van der Waals surface area contributed by atoms with Crippen LogP contribution in [0.5, 0.6) is 69.0 Å². The van der Waals surface area contributed by atoms with E-state index < -0.39 is 0 Å². The molecule has 0 aromatic heterocycles. The molecule has 0 saturated heterocycles. The first-order valence-corrected chi connectivity index (χ1v) is 17.8. The maximum atomic E-state index is 6.68. The second-order valence-corrected chi connectivity index (χ2v) is 13.1. The van der Waals surface area contributed by atoms with Gasteiger partial charge in [-0.2, -0.15) is 0 Å². The fourth-order valence-corrected chi connectivity index (χ4v) is 7.52. The predicted octanol–water partition coefficient (Wildman–Crippen LogP) is 8.97. The first kappa shape index (κ1) is 34.9. The summed E-state index contributed by atoms with van der Waals surface area (Å²) < 4.78 is 70.8. The van der Waals surface area contributed by atoms with Gasteiger partial charge in [0.2, 0.25) is 25.1 Å². The molecular formula is C44H38O12. The summed E-state index contributed by atoms with van der Waals surface area (Å²) in [6, 6.07) is 23.8. The minimum atomic E-state index is 0.154. The van der Waals surface area contributed by atoms with Gasteiger partial charge >= 0.3 is 0 Å². The highest BCUT2D eigenvalue weighted by atomic mass is 16.7. The van der Waals surface area contributed by atoms with Crippen molar-refractivity contribution in [3.63, 3.8) is 0 Å². The van der Waals surface area contributed by atoms with Crippen molar-refractivity contribution in [1.82, 2.24) is 0 Å². The van der Waals surface area contributed by atoms with E-state index in [1.54, 1.807) is 42.7 Å². The van der Waals surface area contributed by atoms with Gasteiger partial charge in [0.15, 0.2) is 46.0 Å². The molecule has 0 spiro atoms. The van der Waals surface area contributed by atoms with Crippen molar-refractivity contribution in [3.8, 4) is 69.0 Å². The Morgan fingerprint density at radius 3 is 1.09 bits per heavy atom. The van der Waals surface area contributed by atoms with Crippen LogP contribution >= 0.6 is 0 Å². The lowest BCUT2D eigenvalue weighted by molar-refractivity contribution is 0.173. The van der Waals surface area contributed by atoms with E-state index in [-0.39, 0.29) is 26.8 Å². The average Bonchev–Trinajstić information content (AvgIpc) is 3.90. The molecule has 0 N–H and O–H groups in total. The largest absolute Gasteiger partial charge is 0.493 e. The monoisotopic (exact) mass is 758 g/mol. The van der Waals surface area contributed by atoms with Gasteiger partial charge in [0.05, 0.1) is 42.7 Å². The minimum Gasteiger partial charge on any atom is -0.493 e. The minimum absolute atomic E-state index is 0.154. The number of ether oxygens (including phenoxy) is 12. The van der Waals surface area contributed by atoms with E-state index in [0.29, 0.717) is 69.0 Å². The van der Waals surface area contributed by atoms with Crippen LogP contribution in [0.1, 0.15) is 11.1 Å². The normalized spacial score (nSPS) is 12.7. The molecule has 9 rings (SSSR count). The molecule has 7 aromatic carbocycles. The summed E-state index contributed by atoms with van der Waals surface area (Å²) in [5.74, 6) is 7.03. The summed E-state index contributed by atoms with van der Waals surface area (Å²) >= 11 is 0. The summed E-state index contributed by atoms with van der Waals surface area (Å²) in [6.45, 7) is 0.870. The van der Waals surface area contributed by atoms with E-state index in [4.69, 9.17) is 56.8 Å². The van der Waals surface area contributed by atoms with Crippen LogP contribution in [0, 0.1) is 0 Å². The smallest absolute Gasteiger partial charge is 0.231 e. The summed E-state index contributed by atoms with van der Waals surface area (Å²) in [5.41, 5.74) is 1.91. The fourth-order valence-electron chi connectivity index (χ4n) is 7.52. The molecule has 56 heavy (non-hydrogen) atoms. The number of hydrogen-bond donors (Lipinski definition) is 0. The molecule has 2 aliphatic heterocycles. The molecule has 0 aliphatic carbocycles. The highest BCUT2D eigenvalue weighted by molar-refractivity contribution is 6.11. The standard InChI is InChI=1S/C44H38O12/c1-45-37-17-31-29(41(47-3)43(37)49-5)11-25-13-33-35(55-21-53-33)15-27(25)39(31)51-19-23-7-9-24(10-8-23)20-52-40-28-16-36-34(54-22-56-36)14-26(28)12-30-32(40)18-38(46-2)44(50-6)42(30)48-4/h7-18H,19-22H2,1-6H3. The van der Waals surface area contributed by atoms with Gasteiger partial charge in [-0.1, -0.05) is 24.3 Å². The number of fused-ring (bicyclic) bond motifs is 6. The predicted molar refractivity (Wildman–Crippen MR) is 210 cm³/mol. The number of methoxy groups -OCH3 is 6. The van der Waals surface area contributed by atoms with Crippen LogP contribution in [-0.4, -0.2) is 56.2 Å². The van der Waals surface area contributed by atoms with E-state index in [2.05, 4.69) is 0 Å². The molecule has 0 radical (unpaired) electrons. The molecule has 0 amide bonds. The van der Waals surface area contributed by atoms with Gasteiger partial charge in [0.1, 0.15) is 24.7 Å². The van der Waals surface area contributed by atoms with Crippen LogP contribution in [0.3, 0.4) is 0 Å². The van der Waals surface area contributed by atoms with Crippen LogP contribution in [0.4, 0.5) is 0 Å². The number of hydrogen-bond acceptors (Lipinski definition) is 12. The Hall–Kier alpha value is -6.82. The van der Waals surface area contributed by atoms with E-state index in [9.17, 15) is 0 Å². The van der Waals surface area contributed by atoms with Crippen LogP contribution in [0.25, 0.3) is 43.1 Å². The molecule has 0 saturated carbocycles. The third kappa shape index (κ3) is 5.67. The first-order chi connectivity index (χ1) is 27.5. The van der Waals surface area contributed by atoms with Gasteiger partial charge in [-0.15, -0.1) is 0 Å². The maximum absolute atomic E-state index is 6.68. The zero-order valence-electron chi connectivity index (χ0n) is 31.7. The Bertz CT molecular complexity index is 2490. The molecule has 2 aliphatic rings. The molecule has 2 heterocycles. The van der Waals surface area contributed by atoms with Crippen molar-refractivity contribution in [2.75, 3.05) is 56.2 Å². The van der Waals surface area contributed by atoms with Crippen molar-refractivity contribution in [1.29, 1.82) is 0 Å².